The van der Waals surface area contributed by atoms with Crippen LogP contribution in [0.5, 0.6) is 0 Å². The number of benzene rings is 3. The van der Waals surface area contributed by atoms with Crippen LogP contribution in [0.15, 0.2) is 103 Å². The fraction of sp³-hybridized carbons (Fsp3) is 0.0690. The monoisotopic (exact) mass is 415 g/mol. The van der Waals surface area contributed by atoms with Gasteiger partial charge in [0.15, 0.2) is 0 Å². The van der Waals surface area contributed by atoms with Gasteiger partial charge < -0.3 is 4.90 Å². The van der Waals surface area contributed by atoms with Crippen LogP contribution >= 0.6 is 11.3 Å². The fourth-order valence-corrected chi connectivity index (χ4v) is 5.87. The van der Waals surface area contributed by atoms with E-state index in [2.05, 4.69) is 97.1 Å². The molecule has 1 aliphatic heterocycles. The molecule has 2 aliphatic rings. The Morgan fingerprint density at radius 1 is 0.935 bits per heavy atom. The normalized spacial score (nSPS) is 17.3. The topological polar surface area (TPSA) is 3.24 Å². The van der Waals surface area contributed by atoms with E-state index in [4.69, 9.17) is 0 Å². The lowest BCUT2D eigenvalue weighted by Crippen LogP contribution is -2.20. The van der Waals surface area contributed by atoms with Crippen LogP contribution in [-0.4, -0.2) is 6.54 Å². The van der Waals surface area contributed by atoms with Gasteiger partial charge in [0.05, 0.1) is 6.54 Å². The molecule has 1 nitrogen and oxygen atoms in total. The van der Waals surface area contributed by atoms with Crippen molar-refractivity contribution in [2.75, 3.05) is 11.4 Å². The molecular weight excluding hydrogens is 394 g/mol. The lowest BCUT2D eigenvalue weighted by molar-refractivity contribution is 1.06. The summed E-state index contributed by atoms with van der Waals surface area (Å²) in [6.07, 6.45) is 14.6. The highest BCUT2D eigenvalue weighted by Crippen LogP contribution is 2.43. The lowest BCUT2D eigenvalue weighted by atomic mass is 9.93. The van der Waals surface area contributed by atoms with Crippen LogP contribution in [0.4, 0.5) is 5.69 Å². The SMILES string of the molecule is C=C1/C=C\C=C/N(CC2=C=CC=C2)c2ccc3c(ccc4sc5c(C)cccc5c43)c21. The maximum atomic E-state index is 4.43. The van der Waals surface area contributed by atoms with E-state index < -0.39 is 0 Å². The molecule has 31 heavy (non-hydrogen) atoms. The third kappa shape index (κ3) is 2.84. The van der Waals surface area contributed by atoms with Crippen molar-refractivity contribution in [2.24, 2.45) is 0 Å². The summed E-state index contributed by atoms with van der Waals surface area (Å²) >= 11 is 1.89. The Hall–Kier alpha value is -3.58. The van der Waals surface area contributed by atoms with Crippen molar-refractivity contribution in [1.82, 2.24) is 0 Å². The van der Waals surface area contributed by atoms with Gasteiger partial charge in [0.25, 0.3) is 0 Å². The quantitative estimate of drug-likeness (QED) is 0.299. The van der Waals surface area contributed by atoms with Crippen LogP contribution < -0.4 is 4.90 Å². The van der Waals surface area contributed by atoms with E-state index in [1.54, 1.807) is 0 Å². The molecule has 0 unspecified atom stereocenters. The Bertz CT molecular complexity index is 1570. The summed E-state index contributed by atoms with van der Waals surface area (Å²) < 4.78 is 2.72. The number of hydrogen-bond donors (Lipinski definition) is 0. The molecule has 0 radical (unpaired) electrons. The smallest absolute Gasteiger partial charge is 0.0548 e. The molecule has 3 aromatic carbocycles. The Morgan fingerprint density at radius 2 is 1.84 bits per heavy atom. The van der Waals surface area contributed by atoms with Gasteiger partial charge in [-0.3, -0.25) is 0 Å². The molecule has 0 spiro atoms. The first-order valence-corrected chi connectivity index (χ1v) is 11.3. The van der Waals surface area contributed by atoms with Crippen LogP contribution in [0.1, 0.15) is 11.1 Å². The van der Waals surface area contributed by atoms with Gasteiger partial charge in [-0.05, 0) is 59.2 Å². The number of allylic oxidation sites excluding steroid dienone is 5. The largest absolute Gasteiger partial charge is 0.342 e. The summed E-state index contributed by atoms with van der Waals surface area (Å²) in [6, 6.07) is 15.7. The van der Waals surface area contributed by atoms with Gasteiger partial charge in [-0.2, -0.15) is 0 Å². The van der Waals surface area contributed by atoms with Crippen LogP contribution in [0.2, 0.25) is 0 Å². The first kappa shape index (κ1) is 18.2. The van der Waals surface area contributed by atoms with E-state index in [0.29, 0.717) is 0 Å². The van der Waals surface area contributed by atoms with Crippen molar-refractivity contribution < 1.29 is 0 Å². The highest BCUT2D eigenvalue weighted by molar-refractivity contribution is 7.26. The van der Waals surface area contributed by atoms with Gasteiger partial charge in [0.1, 0.15) is 0 Å². The molecule has 4 aromatic rings. The predicted molar refractivity (Wildman–Crippen MR) is 137 cm³/mol. The molecule has 148 valence electrons. The molecule has 0 saturated heterocycles. The Balaban J connectivity index is 1.66. The summed E-state index contributed by atoms with van der Waals surface area (Å²) in [5.74, 6) is 0. The number of fused-ring (bicyclic) bond motifs is 7. The van der Waals surface area contributed by atoms with E-state index in [9.17, 15) is 0 Å². The second-order valence-corrected chi connectivity index (χ2v) is 9.15. The summed E-state index contributed by atoms with van der Waals surface area (Å²) in [5, 5.41) is 5.26. The predicted octanol–water partition coefficient (Wildman–Crippen LogP) is 8.07. The van der Waals surface area contributed by atoms with E-state index in [0.717, 1.165) is 12.1 Å². The first-order valence-electron chi connectivity index (χ1n) is 10.5. The number of aryl methyl sites for hydroxylation is 1. The molecule has 2 heterocycles. The Morgan fingerprint density at radius 3 is 2.71 bits per heavy atom. The van der Waals surface area contributed by atoms with Crippen molar-refractivity contribution in [3.63, 3.8) is 0 Å². The minimum absolute atomic E-state index is 0.784. The number of thiophene rings is 1. The van der Waals surface area contributed by atoms with Crippen molar-refractivity contribution in [3.05, 3.63) is 114 Å². The van der Waals surface area contributed by atoms with E-state index in [-0.39, 0.29) is 0 Å². The zero-order valence-electron chi connectivity index (χ0n) is 17.4. The molecular formula is C29H21NS. The van der Waals surface area contributed by atoms with Crippen molar-refractivity contribution >= 4 is 53.5 Å². The highest BCUT2D eigenvalue weighted by Gasteiger charge is 2.19. The van der Waals surface area contributed by atoms with Crippen LogP contribution in [0.3, 0.4) is 0 Å². The number of rotatable bonds is 2. The average Bonchev–Trinajstić information content (AvgIpc) is 3.42. The maximum absolute atomic E-state index is 4.43. The first-order chi connectivity index (χ1) is 15.2. The lowest BCUT2D eigenvalue weighted by Gasteiger charge is -2.26. The number of nitrogens with zero attached hydrogens (tertiary/aromatic N) is 1. The molecule has 1 aromatic heterocycles. The molecule has 0 bridgehead atoms. The maximum Gasteiger partial charge on any atom is 0.0548 e. The Kier molecular flexibility index (Phi) is 4.11. The molecule has 0 atom stereocenters. The molecule has 2 heteroatoms. The van der Waals surface area contributed by atoms with E-state index in [1.807, 2.05) is 23.5 Å². The molecule has 0 N–H and O–H groups in total. The second-order valence-electron chi connectivity index (χ2n) is 8.10. The summed E-state index contributed by atoms with van der Waals surface area (Å²) in [6.45, 7) is 7.42. The molecule has 0 amide bonds. The van der Waals surface area contributed by atoms with Crippen LogP contribution in [0.25, 0.3) is 36.5 Å². The third-order valence-electron chi connectivity index (χ3n) is 6.14. The van der Waals surface area contributed by atoms with Gasteiger partial charge in [-0.25, -0.2) is 0 Å². The van der Waals surface area contributed by atoms with Crippen LogP contribution in [-0.2, 0) is 0 Å². The molecule has 1 aliphatic carbocycles. The zero-order chi connectivity index (χ0) is 20.9. The minimum Gasteiger partial charge on any atom is -0.342 e. The second kappa shape index (κ2) is 6.99. The van der Waals surface area contributed by atoms with Gasteiger partial charge in [0, 0.05) is 43.2 Å². The number of hydrogen-bond acceptors (Lipinski definition) is 2. The zero-order valence-corrected chi connectivity index (χ0v) is 18.2. The van der Waals surface area contributed by atoms with Gasteiger partial charge >= 0.3 is 0 Å². The van der Waals surface area contributed by atoms with E-state index in [1.165, 1.54) is 53.3 Å². The fourth-order valence-electron chi connectivity index (χ4n) is 4.68. The Labute approximate surface area is 185 Å². The standard InChI is InChI=1S/C29H21NS/c1-19-8-5-6-17-30(18-21-10-3-4-11-21)25-15-13-23-22(27(19)25)14-16-26-28(23)24-12-7-9-20(2)29(24)31-26/h3-10,12-17H,1,18H2,2H3/b8-5-,17-6-. The summed E-state index contributed by atoms with van der Waals surface area (Å²) in [7, 11) is 0. The highest BCUT2D eigenvalue weighted by atomic mass is 32.1. The average molecular weight is 416 g/mol. The van der Waals surface area contributed by atoms with Crippen LogP contribution in [0, 0.1) is 6.92 Å². The van der Waals surface area contributed by atoms with Gasteiger partial charge in [0.2, 0.25) is 0 Å². The summed E-state index contributed by atoms with van der Waals surface area (Å²) in [4.78, 5) is 2.30. The van der Waals surface area contributed by atoms with Crippen molar-refractivity contribution in [2.45, 2.75) is 6.92 Å². The van der Waals surface area contributed by atoms with Gasteiger partial charge in [-0.15, -0.1) is 17.1 Å². The van der Waals surface area contributed by atoms with Crippen molar-refractivity contribution in [1.29, 1.82) is 0 Å². The molecule has 0 fully saturated rings. The summed E-state index contributed by atoms with van der Waals surface area (Å²) in [5.41, 5.74) is 9.28. The van der Waals surface area contributed by atoms with Gasteiger partial charge in [-0.1, -0.05) is 55.1 Å². The van der Waals surface area contributed by atoms with E-state index >= 15 is 0 Å². The molecule has 0 saturated carbocycles. The molecule has 6 rings (SSSR count). The minimum atomic E-state index is 0.784. The van der Waals surface area contributed by atoms with Crippen molar-refractivity contribution in [3.8, 4) is 0 Å². The number of anilines is 1. The third-order valence-corrected chi connectivity index (χ3v) is 7.45.